The van der Waals surface area contributed by atoms with E-state index in [2.05, 4.69) is 10.6 Å². The monoisotopic (exact) mass is 573 g/mol. The highest BCUT2D eigenvalue weighted by Crippen LogP contribution is 2.38. The van der Waals surface area contributed by atoms with Crippen LogP contribution in [0.15, 0.2) is 88.8 Å². The van der Waals surface area contributed by atoms with Gasteiger partial charge in [-0.3, -0.25) is 14.6 Å². The summed E-state index contributed by atoms with van der Waals surface area (Å²) in [5.74, 6) is -1.34. The second-order valence-electron chi connectivity index (χ2n) is 10.2. The van der Waals surface area contributed by atoms with Crippen LogP contribution in [-0.4, -0.2) is 45.2 Å². The molecule has 1 unspecified atom stereocenters. The molecule has 1 fully saturated rings. The minimum Gasteiger partial charge on any atom is -0.311 e. The van der Waals surface area contributed by atoms with E-state index in [1.807, 2.05) is 29.0 Å². The van der Waals surface area contributed by atoms with Gasteiger partial charge in [-0.15, -0.1) is 0 Å². The van der Waals surface area contributed by atoms with Crippen molar-refractivity contribution < 1.29 is 22.8 Å². The number of sulfonamides is 1. The van der Waals surface area contributed by atoms with Crippen LogP contribution in [0.25, 0.3) is 0 Å². The molecular formula is C30H31N5O5S. The van der Waals surface area contributed by atoms with Crippen molar-refractivity contribution >= 4 is 45.5 Å². The summed E-state index contributed by atoms with van der Waals surface area (Å²) in [4.78, 5) is 45.9. The molecule has 0 spiro atoms. The molecule has 5 rings (SSSR count). The SMILES string of the molecule is CN1C(=O)C(NC(=O)Nc2cccc(S(=O)(=O)NC(=O)c3ccccc3)c2)(C2CCCCC2)N=Cc2ccccc21. The molecule has 0 radical (unpaired) electrons. The molecule has 3 aromatic carbocycles. The maximum Gasteiger partial charge on any atom is 0.321 e. The first kappa shape index (κ1) is 28.0. The van der Waals surface area contributed by atoms with Crippen LogP contribution in [0.2, 0.25) is 0 Å². The maximum atomic E-state index is 14.0. The van der Waals surface area contributed by atoms with Gasteiger partial charge < -0.3 is 15.5 Å². The summed E-state index contributed by atoms with van der Waals surface area (Å²) in [6.45, 7) is 0. The molecule has 10 nitrogen and oxygen atoms in total. The predicted octanol–water partition coefficient (Wildman–Crippen LogP) is 4.30. The first-order valence-electron chi connectivity index (χ1n) is 13.4. The third kappa shape index (κ3) is 5.85. The Labute approximate surface area is 238 Å². The number of carbonyl (C=O) groups is 3. The number of nitrogens with zero attached hydrogens (tertiary/aromatic N) is 2. The molecule has 0 saturated heterocycles. The van der Waals surface area contributed by atoms with E-state index in [0.29, 0.717) is 5.69 Å². The number of fused-ring (bicyclic) bond motifs is 1. The number of anilines is 2. The van der Waals surface area contributed by atoms with Gasteiger partial charge in [0.1, 0.15) is 0 Å². The van der Waals surface area contributed by atoms with Crippen LogP contribution in [-0.2, 0) is 14.8 Å². The summed E-state index contributed by atoms with van der Waals surface area (Å²) in [5, 5.41) is 5.51. The van der Waals surface area contributed by atoms with E-state index in [9.17, 15) is 22.8 Å². The van der Waals surface area contributed by atoms with Gasteiger partial charge in [-0.05, 0) is 49.2 Å². The van der Waals surface area contributed by atoms with E-state index in [4.69, 9.17) is 4.99 Å². The van der Waals surface area contributed by atoms with Gasteiger partial charge in [-0.2, -0.15) is 0 Å². The number of nitrogens with one attached hydrogen (secondary N) is 3. The summed E-state index contributed by atoms with van der Waals surface area (Å²) in [5.41, 5.74) is 0.276. The second kappa shape index (κ2) is 11.5. The number of hydrogen-bond acceptors (Lipinski definition) is 6. The highest BCUT2D eigenvalue weighted by molar-refractivity contribution is 7.90. The number of hydrogen-bond donors (Lipinski definition) is 3. The minimum atomic E-state index is -4.23. The van der Waals surface area contributed by atoms with E-state index >= 15 is 0 Å². The highest BCUT2D eigenvalue weighted by atomic mass is 32.2. The summed E-state index contributed by atoms with van der Waals surface area (Å²) < 4.78 is 27.9. The average molecular weight is 574 g/mol. The Kier molecular flexibility index (Phi) is 7.89. The number of amides is 4. The van der Waals surface area contributed by atoms with Crippen molar-refractivity contribution in [2.45, 2.75) is 42.7 Å². The van der Waals surface area contributed by atoms with E-state index in [-0.39, 0.29) is 28.0 Å². The third-order valence-corrected chi connectivity index (χ3v) is 8.83. The van der Waals surface area contributed by atoms with Crippen LogP contribution in [0.4, 0.5) is 16.2 Å². The zero-order valence-corrected chi connectivity index (χ0v) is 23.4. The fraction of sp³-hybridized carbons (Fsp3) is 0.267. The number of benzodiazepines with no additional fused rings is 1. The van der Waals surface area contributed by atoms with Crippen molar-refractivity contribution in [2.24, 2.45) is 10.9 Å². The van der Waals surface area contributed by atoms with E-state index in [1.54, 1.807) is 31.5 Å². The molecule has 11 heteroatoms. The van der Waals surface area contributed by atoms with Gasteiger partial charge in [-0.25, -0.2) is 17.9 Å². The number of urea groups is 1. The molecule has 3 aromatic rings. The number of benzene rings is 3. The summed E-state index contributed by atoms with van der Waals surface area (Å²) >= 11 is 0. The standard InChI is InChI=1S/C30H31N5O5S/c1-35-26-18-9-8-13-22(26)20-31-30(28(35)37,23-14-6-3-7-15-23)33-29(38)32-24-16-10-17-25(19-24)41(39,40)34-27(36)21-11-4-2-5-12-21/h2,4-5,8-13,16-20,23H,3,6-7,14-15H2,1H3,(H,34,36)(H2,32,33,38). The quantitative estimate of drug-likeness (QED) is 0.404. The lowest BCUT2D eigenvalue weighted by Crippen LogP contribution is -2.63. The van der Waals surface area contributed by atoms with Crippen molar-refractivity contribution in [3.8, 4) is 0 Å². The van der Waals surface area contributed by atoms with Crippen LogP contribution in [0, 0.1) is 5.92 Å². The molecular weight excluding hydrogens is 542 g/mol. The van der Waals surface area contributed by atoms with Gasteiger partial charge in [0.15, 0.2) is 0 Å². The smallest absolute Gasteiger partial charge is 0.311 e. The van der Waals surface area contributed by atoms with E-state index in [1.165, 1.54) is 41.3 Å². The maximum absolute atomic E-state index is 14.0. The zero-order chi connectivity index (χ0) is 29.0. The van der Waals surface area contributed by atoms with Gasteiger partial charge in [0.2, 0.25) is 5.66 Å². The Morgan fingerprint density at radius 2 is 1.63 bits per heavy atom. The van der Waals surface area contributed by atoms with Crippen LogP contribution in [0.1, 0.15) is 48.0 Å². The number of rotatable bonds is 6. The van der Waals surface area contributed by atoms with Crippen LogP contribution in [0.5, 0.6) is 0 Å². The Morgan fingerprint density at radius 1 is 0.927 bits per heavy atom. The van der Waals surface area contributed by atoms with Crippen molar-refractivity contribution in [1.29, 1.82) is 0 Å². The molecule has 1 atom stereocenters. The lowest BCUT2D eigenvalue weighted by molar-refractivity contribution is -0.126. The fourth-order valence-corrected chi connectivity index (χ4v) is 6.41. The highest BCUT2D eigenvalue weighted by Gasteiger charge is 2.49. The van der Waals surface area contributed by atoms with E-state index < -0.39 is 27.6 Å². The lowest BCUT2D eigenvalue weighted by Gasteiger charge is -2.40. The molecule has 41 heavy (non-hydrogen) atoms. The topological polar surface area (TPSA) is 137 Å². The first-order chi connectivity index (χ1) is 19.7. The minimum absolute atomic E-state index is 0.165. The predicted molar refractivity (Wildman–Crippen MR) is 156 cm³/mol. The van der Waals surface area contributed by atoms with Crippen molar-refractivity contribution in [2.75, 3.05) is 17.3 Å². The molecule has 0 bridgehead atoms. The second-order valence-corrected chi connectivity index (χ2v) is 11.9. The molecule has 1 saturated carbocycles. The Morgan fingerprint density at radius 3 is 2.39 bits per heavy atom. The average Bonchev–Trinajstić information content (AvgIpc) is 3.09. The summed E-state index contributed by atoms with van der Waals surface area (Å²) in [6.07, 6.45) is 5.97. The Hall–Kier alpha value is -4.51. The number of para-hydroxylation sites is 1. The molecule has 0 aromatic heterocycles. The van der Waals surface area contributed by atoms with Gasteiger partial charge in [-0.1, -0.05) is 61.7 Å². The molecule has 4 amide bonds. The molecule has 1 aliphatic carbocycles. The molecule has 2 aliphatic rings. The zero-order valence-electron chi connectivity index (χ0n) is 22.5. The number of likely N-dealkylation sites (N-methyl/N-ethyl adjacent to an activating group) is 1. The van der Waals surface area contributed by atoms with Crippen molar-refractivity contribution in [1.82, 2.24) is 10.0 Å². The number of carbonyl (C=O) groups excluding carboxylic acids is 3. The fourth-order valence-electron chi connectivity index (χ4n) is 5.39. The third-order valence-electron chi connectivity index (χ3n) is 7.50. The van der Waals surface area contributed by atoms with Gasteiger partial charge in [0.25, 0.3) is 21.8 Å². The van der Waals surface area contributed by atoms with Crippen LogP contribution >= 0.6 is 0 Å². The molecule has 1 aliphatic heterocycles. The van der Waals surface area contributed by atoms with Crippen LogP contribution < -0.4 is 20.3 Å². The van der Waals surface area contributed by atoms with Crippen molar-refractivity contribution in [3.63, 3.8) is 0 Å². The van der Waals surface area contributed by atoms with Crippen LogP contribution in [0.3, 0.4) is 0 Å². The molecule has 212 valence electrons. The Bertz CT molecular complexity index is 1600. The van der Waals surface area contributed by atoms with Gasteiger partial charge >= 0.3 is 6.03 Å². The molecule has 3 N–H and O–H groups in total. The van der Waals surface area contributed by atoms with Gasteiger partial charge in [0.05, 0.1) is 10.6 Å². The summed E-state index contributed by atoms with van der Waals surface area (Å²) in [7, 11) is -2.56. The van der Waals surface area contributed by atoms with Crippen molar-refractivity contribution in [3.05, 3.63) is 90.0 Å². The summed E-state index contributed by atoms with van der Waals surface area (Å²) in [6, 6.07) is 20.2. The normalized spacial score (nSPS) is 19.1. The first-order valence-corrected chi connectivity index (χ1v) is 14.9. The number of aliphatic imine (C=N–C) groups is 1. The van der Waals surface area contributed by atoms with E-state index in [0.717, 1.165) is 37.7 Å². The largest absolute Gasteiger partial charge is 0.321 e. The Balaban J connectivity index is 1.38. The molecule has 1 heterocycles. The lowest BCUT2D eigenvalue weighted by atomic mass is 9.79. The van der Waals surface area contributed by atoms with Gasteiger partial charge in [0, 0.05) is 36.0 Å².